The van der Waals surface area contributed by atoms with E-state index in [-0.39, 0.29) is 10.5 Å². The summed E-state index contributed by atoms with van der Waals surface area (Å²) in [4.78, 5) is 11.5. The van der Waals surface area contributed by atoms with E-state index in [1.807, 2.05) is 0 Å². The number of fused-ring (bicyclic) bond motifs is 1. The van der Waals surface area contributed by atoms with Gasteiger partial charge in [-0.25, -0.2) is 17.9 Å². The number of benzene rings is 2. The predicted octanol–water partition coefficient (Wildman–Crippen LogP) is 0.908. The Morgan fingerprint density at radius 1 is 1.12 bits per heavy atom. The van der Waals surface area contributed by atoms with Crippen molar-refractivity contribution in [3.63, 3.8) is 0 Å². The first-order chi connectivity index (χ1) is 12.4. The molecule has 10 nitrogen and oxygen atoms in total. The van der Waals surface area contributed by atoms with Crippen molar-refractivity contribution in [2.24, 2.45) is 7.05 Å². The van der Waals surface area contributed by atoms with Gasteiger partial charge in [-0.1, -0.05) is 0 Å². The van der Waals surface area contributed by atoms with Gasteiger partial charge in [0.2, 0.25) is 0 Å². The van der Waals surface area contributed by atoms with Crippen LogP contribution in [-0.4, -0.2) is 33.2 Å². The van der Waals surface area contributed by atoms with Crippen molar-refractivity contribution in [2.75, 3.05) is 4.72 Å². The molecule has 0 amide bonds. The van der Waals surface area contributed by atoms with Crippen LogP contribution in [0.2, 0.25) is 0 Å². The summed E-state index contributed by atoms with van der Waals surface area (Å²) in [6, 6.07) is 10.8. The molecule has 4 aromatic rings. The van der Waals surface area contributed by atoms with Crippen LogP contribution in [0.3, 0.4) is 0 Å². The summed E-state index contributed by atoms with van der Waals surface area (Å²) >= 11 is 0. The van der Waals surface area contributed by atoms with Crippen LogP contribution in [0, 0.1) is 0 Å². The predicted molar refractivity (Wildman–Crippen MR) is 91.4 cm³/mol. The molecule has 0 atom stereocenters. The van der Waals surface area contributed by atoms with E-state index in [9.17, 15) is 13.2 Å². The monoisotopic (exact) mass is 372 g/mol. The van der Waals surface area contributed by atoms with E-state index >= 15 is 0 Å². The highest BCUT2D eigenvalue weighted by Gasteiger charge is 2.17. The van der Waals surface area contributed by atoms with Gasteiger partial charge in [0.05, 0.1) is 16.1 Å². The highest BCUT2D eigenvalue weighted by molar-refractivity contribution is 7.92. The molecule has 0 unspecified atom stereocenters. The van der Waals surface area contributed by atoms with E-state index in [1.165, 1.54) is 33.8 Å². The molecule has 0 aliphatic rings. The van der Waals surface area contributed by atoms with Gasteiger partial charge in [-0.15, -0.1) is 5.10 Å². The second kappa shape index (κ2) is 5.81. The van der Waals surface area contributed by atoms with Crippen LogP contribution in [-0.2, 0) is 17.1 Å². The van der Waals surface area contributed by atoms with Crippen LogP contribution in [0.1, 0.15) is 0 Å². The third-order valence-electron chi connectivity index (χ3n) is 3.81. The topological polar surface area (TPSA) is 125 Å². The number of anilines is 1. The Balaban J connectivity index is 1.63. The third-order valence-corrected chi connectivity index (χ3v) is 5.19. The maximum Gasteiger partial charge on any atom is 0.419 e. The Morgan fingerprint density at radius 2 is 1.88 bits per heavy atom. The first-order valence-electron chi connectivity index (χ1n) is 7.40. The van der Waals surface area contributed by atoms with Gasteiger partial charge < -0.3 is 4.42 Å². The van der Waals surface area contributed by atoms with Crippen LogP contribution < -0.4 is 10.5 Å². The number of oxazole rings is 1. The van der Waals surface area contributed by atoms with Crippen molar-refractivity contribution in [3.8, 4) is 5.69 Å². The third kappa shape index (κ3) is 2.73. The summed E-state index contributed by atoms with van der Waals surface area (Å²) in [5.74, 6) is -0.555. The Labute approximate surface area is 146 Å². The molecule has 0 saturated heterocycles. The zero-order valence-electron chi connectivity index (χ0n) is 13.4. The number of tetrazole rings is 1. The molecular weight excluding hydrogens is 360 g/mol. The van der Waals surface area contributed by atoms with Crippen molar-refractivity contribution < 1.29 is 12.8 Å². The van der Waals surface area contributed by atoms with Gasteiger partial charge in [-0.2, -0.15) is 0 Å². The summed E-state index contributed by atoms with van der Waals surface area (Å²) in [7, 11) is -2.30. The molecule has 0 radical (unpaired) electrons. The van der Waals surface area contributed by atoms with Crippen molar-refractivity contribution in [1.82, 2.24) is 24.8 Å². The van der Waals surface area contributed by atoms with Crippen LogP contribution in [0.15, 0.2) is 62.9 Å². The molecule has 26 heavy (non-hydrogen) atoms. The lowest BCUT2D eigenvalue weighted by Gasteiger charge is -2.08. The molecule has 0 spiro atoms. The molecule has 4 rings (SSSR count). The average molecular weight is 372 g/mol. The molecule has 1 N–H and O–H groups in total. The summed E-state index contributed by atoms with van der Waals surface area (Å²) in [6.07, 6.45) is 1.43. The second-order valence-electron chi connectivity index (χ2n) is 5.46. The first kappa shape index (κ1) is 16.0. The quantitative estimate of drug-likeness (QED) is 0.564. The zero-order valence-corrected chi connectivity index (χ0v) is 14.2. The Kier molecular flexibility index (Phi) is 3.58. The standard InChI is InChI=1S/C15H12N6O4S/c1-20-13-7-6-12(8-14(13)25-15(20)22)26(23,24)17-10-2-4-11(5-3-10)21-9-16-18-19-21/h2-9,17H,1H3. The number of hydrogen-bond donors (Lipinski definition) is 1. The number of nitrogens with one attached hydrogen (secondary N) is 1. The lowest BCUT2D eigenvalue weighted by molar-refractivity contribution is 0.527. The SMILES string of the molecule is Cn1c(=O)oc2cc(S(=O)(=O)Nc3ccc(-n4cnnn4)cc3)ccc21. The minimum Gasteiger partial charge on any atom is -0.408 e. The maximum atomic E-state index is 12.6. The van der Waals surface area contributed by atoms with Crippen molar-refractivity contribution in [2.45, 2.75) is 4.90 Å². The molecule has 2 heterocycles. The van der Waals surface area contributed by atoms with Gasteiger partial charge >= 0.3 is 5.76 Å². The molecule has 2 aromatic carbocycles. The van der Waals surface area contributed by atoms with E-state index in [1.54, 1.807) is 31.3 Å². The molecule has 11 heteroatoms. The van der Waals surface area contributed by atoms with Gasteiger partial charge in [0.15, 0.2) is 5.58 Å². The van der Waals surface area contributed by atoms with Crippen LogP contribution in [0.5, 0.6) is 0 Å². The normalized spacial score (nSPS) is 11.7. The van der Waals surface area contributed by atoms with Crippen LogP contribution in [0.25, 0.3) is 16.8 Å². The Bertz CT molecular complexity index is 1240. The number of rotatable bonds is 4. The smallest absolute Gasteiger partial charge is 0.408 e. The van der Waals surface area contributed by atoms with E-state index in [0.717, 1.165) is 0 Å². The van der Waals surface area contributed by atoms with Crippen molar-refractivity contribution >= 4 is 26.8 Å². The largest absolute Gasteiger partial charge is 0.419 e. The summed E-state index contributed by atoms with van der Waals surface area (Å²) in [5.41, 5.74) is 1.77. The minimum atomic E-state index is -3.84. The fraction of sp³-hybridized carbons (Fsp3) is 0.0667. The maximum absolute atomic E-state index is 12.6. The summed E-state index contributed by atoms with van der Waals surface area (Å²) in [6.45, 7) is 0. The van der Waals surface area contributed by atoms with E-state index in [4.69, 9.17) is 4.42 Å². The van der Waals surface area contributed by atoms with Crippen molar-refractivity contribution in [1.29, 1.82) is 0 Å². The van der Waals surface area contributed by atoms with E-state index < -0.39 is 15.8 Å². The number of hydrogen-bond acceptors (Lipinski definition) is 7. The van der Waals surface area contributed by atoms with Gasteiger partial charge in [-0.05, 0) is 46.8 Å². The molecule has 0 fully saturated rings. The molecule has 0 bridgehead atoms. The van der Waals surface area contributed by atoms with Gasteiger partial charge in [-0.3, -0.25) is 9.29 Å². The first-order valence-corrected chi connectivity index (χ1v) is 8.88. The zero-order chi connectivity index (χ0) is 18.3. The molecule has 0 aliphatic carbocycles. The minimum absolute atomic E-state index is 0.0103. The Morgan fingerprint density at radius 3 is 2.58 bits per heavy atom. The number of aryl methyl sites for hydroxylation is 1. The fourth-order valence-corrected chi connectivity index (χ4v) is 3.53. The number of aromatic nitrogens is 5. The number of nitrogens with zero attached hydrogens (tertiary/aromatic N) is 5. The van der Waals surface area contributed by atoms with E-state index in [0.29, 0.717) is 16.9 Å². The van der Waals surface area contributed by atoms with Gasteiger partial charge in [0.1, 0.15) is 6.33 Å². The number of sulfonamides is 1. The second-order valence-corrected chi connectivity index (χ2v) is 7.15. The molecule has 132 valence electrons. The van der Waals surface area contributed by atoms with Crippen molar-refractivity contribution in [3.05, 3.63) is 59.3 Å². The van der Waals surface area contributed by atoms with Crippen LogP contribution >= 0.6 is 0 Å². The van der Waals surface area contributed by atoms with Crippen LogP contribution in [0.4, 0.5) is 5.69 Å². The summed E-state index contributed by atoms with van der Waals surface area (Å²) in [5, 5.41) is 10.8. The fourth-order valence-electron chi connectivity index (χ4n) is 2.46. The lowest BCUT2D eigenvalue weighted by atomic mass is 10.3. The average Bonchev–Trinajstić information content (AvgIpc) is 3.24. The van der Waals surface area contributed by atoms with Gasteiger partial charge in [0.25, 0.3) is 10.0 Å². The molecule has 2 aromatic heterocycles. The molecule has 0 aliphatic heterocycles. The lowest BCUT2D eigenvalue weighted by Crippen LogP contribution is -2.13. The van der Waals surface area contributed by atoms with E-state index in [2.05, 4.69) is 20.2 Å². The molecular formula is C15H12N6O4S. The highest BCUT2D eigenvalue weighted by atomic mass is 32.2. The Hall–Kier alpha value is -3.47. The molecule has 0 saturated carbocycles. The summed E-state index contributed by atoms with van der Waals surface area (Å²) < 4.78 is 35.4. The van der Waals surface area contributed by atoms with Gasteiger partial charge in [0, 0.05) is 18.8 Å². The highest BCUT2D eigenvalue weighted by Crippen LogP contribution is 2.21.